The molecule has 0 amide bonds. The molecule has 4 nitrogen and oxygen atoms in total. The fraction of sp³-hybridized carbons (Fsp3) is 0.143. The second-order valence-electron chi connectivity index (χ2n) is 6.19. The summed E-state index contributed by atoms with van der Waals surface area (Å²) in [5.74, 6) is -0.417. The molecule has 0 fully saturated rings. The first-order valence-corrected chi connectivity index (χ1v) is 8.22. The molecule has 4 rings (SSSR count). The summed E-state index contributed by atoms with van der Waals surface area (Å²) in [6, 6.07) is 14.4. The average molecular weight is 332 g/mol. The van der Waals surface area contributed by atoms with Gasteiger partial charge in [0.15, 0.2) is 5.43 Å². The zero-order valence-electron chi connectivity index (χ0n) is 13.5. The fourth-order valence-corrected chi connectivity index (χ4v) is 3.31. The van der Waals surface area contributed by atoms with Crippen LogP contribution in [0.5, 0.6) is 0 Å². The lowest BCUT2D eigenvalue weighted by Crippen LogP contribution is -2.16. The third-order valence-electron chi connectivity index (χ3n) is 4.54. The maximum absolute atomic E-state index is 12.9. The highest BCUT2D eigenvalue weighted by atomic mass is 16.4. The number of hydrogen-bond donors (Lipinski definition) is 1. The molecule has 2 aromatic carbocycles. The van der Waals surface area contributed by atoms with Crippen LogP contribution in [0.15, 0.2) is 57.7 Å². The van der Waals surface area contributed by atoms with E-state index in [1.54, 1.807) is 6.07 Å². The molecular formula is C21H16O4. The summed E-state index contributed by atoms with van der Waals surface area (Å²) in [6.45, 7) is 0. The summed E-state index contributed by atoms with van der Waals surface area (Å²) in [5, 5.41) is 9.47. The number of aromatic carboxylic acids is 1. The van der Waals surface area contributed by atoms with Crippen molar-refractivity contribution < 1.29 is 14.3 Å². The molecule has 1 heterocycles. The van der Waals surface area contributed by atoms with Gasteiger partial charge in [0, 0.05) is 5.56 Å². The Morgan fingerprint density at radius 3 is 2.64 bits per heavy atom. The topological polar surface area (TPSA) is 67.5 Å². The largest absolute Gasteiger partial charge is 0.478 e. The van der Waals surface area contributed by atoms with Crippen LogP contribution in [0.25, 0.3) is 22.6 Å². The summed E-state index contributed by atoms with van der Waals surface area (Å²) in [6.07, 6.45) is 4.43. The van der Waals surface area contributed by atoms with Crippen LogP contribution in [-0.2, 0) is 6.42 Å². The van der Waals surface area contributed by atoms with Gasteiger partial charge in [0.05, 0.1) is 10.9 Å². The molecule has 1 N–H and O–H groups in total. The third kappa shape index (κ3) is 2.76. The van der Waals surface area contributed by atoms with E-state index in [4.69, 9.17) is 9.52 Å². The molecule has 1 aliphatic carbocycles. The summed E-state index contributed by atoms with van der Waals surface area (Å²) < 4.78 is 6.02. The minimum Gasteiger partial charge on any atom is -0.478 e. The maximum Gasteiger partial charge on any atom is 0.335 e. The molecule has 0 saturated heterocycles. The van der Waals surface area contributed by atoms with Gasteiger partial charge in [-0.15, -0.1) is 0 Å². The molecule has 25 heavy (non-hydrogen) atoms. The quantitative estimate of drug-likeness (QED) is 0.757. The smallest absolute Gasteiger partial charge is 0.335 e. The van der Waals surface area contributed by atoms with E-state index in [1.807, 2.05) is 30.3 Å². The molecule has 0 spiro atoms. The van der Waals surface area contributed by atoms with Crippen LogP contribution in [0.3, 0.4) is 0 Å². The highest BCUT2D eigenvalue weighted by Gasteiger charge is 2.22. The van der Waals surface area contributed by atoms with E-state index in [-0.39, 0.29) is 11.0 Å². The lowest BCUT2D eigenvalue weighted by molar-refractivity contribution is 0.0697. The van der Waals surface area contributed by atoms with E-state index in [0.29, 0.717) is 28.7 Å². The summed E-state index contributed by atoms with van der Waals surface area (Å²) in [5.41, 5.74) is 3.11. The fourth-order valence-electron chi connectivity index (χ4n) is 3.31. The van der Waals surface area contributed by atoms with Gasteiger partial charge in [-0.1, -0.05) is 30.3 Å². The van der Waals surface area contributed by atoms with Crippen LogP contribution in [-0.4, -0.2) is 11.1 Å². The van der Waals surface area contributed by atoms with Crippen molar-refractivity contribution >= 4 is 28.6 Å². The SMILES string of the molecule is O=C(O)c1ccc2oc3c(c(=O)c2c1)CCC/C3=C/c1ccccc1. The van der Waals surface area contributed by atoms with Crippen molar-refractivity contribution in [3.63, 3.8) is 0 Å². The molecule has 4 heteroatoms. The Bertz CT molecular complexity index is 1060. The van der Waals surface area contributed by atoms with E-state index in [1.165, 1.54) is 12.1 Å². The number of carbonyl (C=O) groups is 1. The predicted molar refractivity (Wildman–Crippen MR) is 96.7 cm³/mol. The zero-order valence-corrected chi connectivity index (χ0v) is 13.5. The Balaban J connectivity index is 1.92. The van der Waals surface area contributed by atoms with Crippen molar-refractivity contribution in [3.05, 3.63) is 81.2 Å². The highest BCUT2D eigenvalue weighted by Crippen LogP contribution is 2.33. The highest BCUT2D eigenvalue weighted by molar-refractivity contribution is 5.93. The standard InChI is InChI=1S/C21H16O4/c22-19-16-8-4-7-14(11-13-5-2-1-3-6-13)20(16)25-18-10-9-15(21(23)24)12-17(18)19/h1-3,5-6,9-12H,4,7-8H2,(H,23,24)/b14-11-. The van der Waals surface area contributed by atoms with Gasteiger partial charge >= 0.3 is 5.97 Å². The molecule has 0 atom stereocenters. The van der Waals surface area contributed by atoms with E-state index in [2.05, 4.69) is 6.08 Å². The Labute approximate surface area is 144 Å². The zero-order chi connectivity index (χ0) is 17.4. The van der Waals surface area contributed by atoms with Crippen molar-refractivity contribution in [2.75, 3.05) is 0 Å². The lowest BCUT2D eigenvalue weighted by atomic mass is 9.90. The normalized spacial score (nSPS) is 15.3. The van der Waals surface area contributed by atoms with Gasteiger partial charge in [-0.05, 0) is 54.7 Å². The number of carboxylic acid groups (broad SMARTS) is 1. The van der Waals surface area contributed by atoms with E-state index < -0.39 is 5.97 Å². The summed E-state index contributed by atoms with van der Waals surface area (Å²) in [4.78, 5) is 24.0. The number of allylic oxidation sites excluding steroid dienone is 1. The second kappa shape index (κ2) is 6.06. The number of hydrogen-bond acceptors (Lipinski definition) is 3. The molecule has 3 aromatic rings. The van der Waals surface area contributed by atoms with Crippen LogP contribution >= 0.6 is 0 Å². The molecular weight excluding hydrogens is 316 g/mol. The van der Waals surface area contributed by atoms with Crippen LogP contribution in [0.1, 0.15) is 40.1 Å². The molecule has 0 radical (unpaired) electrons. The average Bonchev–Trinajstić information content (AvgIpc) is 2.63. The van der Waals surface area contributed by atoms with Crippen LogP contribution in [0, 0.1) is 0 Å². The van der Waals surface area contributed by atoms with Gasteiger partial charge in [0.1, 0.15) is 11.3 Å². The molecule has 0 unspecified atom stereocenters. The van der Waals surface area contributed by atoms with Crippen LogP contribution in [0.2, 0.25) is 0 Å². The second-order valence-corrected chi connectivity index (χ2v) is 6.19. The van der Waals surface area contributed by atoms with Gasteiger partial charge in [0.2, 0.25) is 0 Å². The van der Waals surface area contributed by atoms with Crippen molar-refractivity contribution in [2.24, 2.45) is 0 Å². The molecule has 0 saturated carbocycles. The number of rotatable bonds is 2. The summed E-state index contributed by atoms with van der Waals surface area (Å²) in [7, 11) is 0. The van der Waals surface area contributed by atoms with Crippen molar-refractivity contribution in [1.29, 1.82) is 0 Å². The molecule has 1 aromatic heterocycles. The van der Waals surface area contributed by atoms with Crippen molar-refractivity contribution in [2.45, 2.75) is 19.3 Å². The maximum atomic E-state index is 12.9. The van der Waals surface area contributed by atoms with E-state index in [9.17, 15) is 9.59 Å². The Morgan fingerprint density at radius 1 is 1.08 bits per heavy atom. The van der Waals surface area contributed by atoms with Gasteiger partial charge < -0.3 is 9.52 Å². The monoisotopic (exact) mass is 332 g/mol. The Kier molecular flexibility index (Phi) is 3.73. The first kappa shape index (κ1) is 15.4. The van der Waals surface area contributed by atoms with Crippen LogP contribution in [0.4, 0.5) is 0 Å². The van der Waals surface area contributed by atoms with Crippen LogP contribution < -0.4 is 5.43 Å². The molecule has 0 bridgehead atoms. The number of carboxylic acids is 1. The molecule has 1 aliphatic rings. The first-order valence-electron chi connectivity index (χ1n) is 8.22. The number of benzene rings is 2. The van der Waals surface area contributed by atoms with E-state index in [0.717, 1.165) is 24.0 Å². The van der Waals surface area contributed by atoms with Gasteiger partial charge in [0.25, 0.3) is 0 Å². The Morgan fingerprint density at radius 2 is 1.88 bits per heavy atom. The van der Waals surface area contributed by atoms with Crippen molar-refractivity contribution in [1.82, 2.24) is 0 Å². The molecule has 124 valence electrons. The Hall–Kier alpha value is -3.14. The minimum absolute atomic E-state index is 0.0932. The molecule has 0 aliphatic heterocycles. The number of fused-ring (bicyclic) bond motifs is 2. The lowest BCUT2D eigenvalue weighted by Gasteiger charge is -2.18. The minimum atomic E-state index is -1.05. The predicted octanol–water partition coefficient (Wildman–Crippen LogP) is 4.37. The van der Waals surface area contributed by atoms with Crippen molar-refractivity contribution in [3.8, 4) is 0 Å². The van der Waals surface area contributed by atoms with E-state index >= 15 is 0 Å². The van der Waals surface area contributed by atoms with Gasteiger partial charge in [-0.2, -0.15) is 0 Å². The first-order chi connectivity index (χ1) is 12.1. The van der Waals surface area contributed by atoms with Gasteiger partial charge in [-0.3, -0.25) is 4.79 Å². The van der Waals surface area contributed by atoms with Gasteiger partial charge in [-0.25, -0.2) is 4.79 Å². The third-order valence-corrected chi connectivity index (χ3v) is 4.54. The summed E-state index contributed by atoms with van der Waals surface area (Å²) >= 11 is 0.